The van der Waals surface area contributed by atoms with E-state index in [2.05, 4.69) is 10.3 Å². The Morgan fingerprint density at radius 2 is 2.20 bits per heavy atom. The number of nitrogen functional groups attached to an aromatic ring is 1. The predicted octanol–water partition coefficient (Wildman–Crippen LogP) is 2.83. The summed E-state index contributed by atoms with van der Waals surface area (Å²) in [6.45, 7) is 0. The Hall–Kier alpha value is -1.94. The van der Waals surface area contributed by atoms with Gasteiger partial charge in [0.1, 0.15) is 5.69 Å². The third-order valence-corrected chi connectivity index (χ3v) is 3.63. The number of carbonyl (C=O) groups is 1. The largest absolute Gasteiger partial charge is 0.399 e. The molecular weight excluding hydrogens is 274 g/mol. The Bertz CT molecular complexity index is 595. The molecule has 0 saturated heterocycles. The number of carbonyl (C=O) groups excluding carboxylic acids is 1. The molecule has 1 aromatic heterocycles. The third-order valence-electron chi connectivity index (χ3n) is 3.63. The zero-order valence-electron chi connectivity index (χ0n) is 11.1. The van der Waals surface area contributed by atoms with Gasteiger partial charge in [-0.15, -0.1) is 12.4 Å². The number of nitrogens with two attached hydrogens (primary N) is 1. The fourth-order valence-electron chi connectivity index (χ4n) is 2.69. The number of hydrogen-bond acceptors (Lipinski definition) is 2. The molecule has 1 heterocycles. The van der Waals surface area contributed by atoms with Crippen LogP contribution in [0.2, 0.25) is 0 Å². The first-order chi connectivity index (χ1) is 9.24. The van der Waals surface area contributed by atoms with E-state index in [9.17, 15) is 4.79 Å². The van der Waals surface area contributed by atoms with Crippen molar-refractivity contribution >= 4 is 24.0 Å². The van der Waals surface area contributed by atoms with Gasteiger partial charge in [0.2, 0.25) is 0 Å². The quantitative estimate of drug-likeness (QED) is 0.745. The van der Waals surface area contributed by atoms with Crippen molar-refractivity contribution in [3.63, 3.8) is 0 Å². The molecule has 106 valence electrons. The molecule has 0 fully saturated rings. The molecule has 0 bridgehead atoms. The van der Waals surface area contributed by atoms with E-state index in [0.29, 0.717) is 5.69 Å². The molecule has 0 aliphatic heterocycles. The first-order valence-electron chi connectivity index (χ1n) is 6.56. The van der Waals surface area contributed by atoms with Crippen molar-refractivity contribution in [3.05, 3.63) is 53.3 Å². The molecule has 4 nitrogen and oxygen atoms in total. The van der Waals surface area contributed by atoms with E-state index in [4.69, 9.17) is 5.73 Å². The number of aryl methyl sites for hydroxylation is 1. The Morgan fingerprint density at radius 3 is 2.95 bits per heavy atom. The van der Waals surface area contributed by atoms with E-state index in [1.807, 2.05) is 24.3 Å². The van der Waals surface area contributed by atoms with Gasteiger partial charge in [0.25, 0.3) is 5.91 Å². The highest BCUT2D eigenvalue weighted by atomic mass is 35.5. The lowest BCUT2D eigenvalue weighted by Crippen LogP contribution is -2.31. The van der Waals surface area contributed by atoms with Crippen molar-refractivity contribution < 1.29 is 4.79 Å². The van der Waals surface area contributed by atoms with Crippen molar-refractivity contribution in [3.8, 4) is 0 Å². The Balaban J connectivity index is 0.00000147. The van der Waals surface area contributed by atoms with Gasteiger partial charge in [-0.05, 0) is 54.7 Å². The van der Waals surface area contributed by atoms with Crippen LogP contribution in [0, 0.1) is 0 Å². The van der Waals surface area contributed by atoms with Gasteiger partial charge in [0, 0.05) is 11.9 Å². The smallest absolute Gasteiger partial charge is 0.268 e. The summed E-state index contributed by atoms with van der Waals surface area (Å²) in [6, 6.07) is 9.64. The predicted molar refractivity (Wildman–Crippen MR) is 82.0 cm³/mol. The van der Waals surface area contributed by atoms with Gasteiger partial charge in [-0.25, -0.2) is 0 Å². The van der Waals surface area contributed by atoms with E-state index < -0.39 is 0 Å². The molecule has 1 aliphatic carbocycles. The van der Waals surface area contributed by atoms with Crippen molar-refractivity contribution in [2.24, 2.45) is 0 Å². The Kier molecular flexibility index (Phi) is 4.35. The van der Waals surface area contributed by atoms with E-state index in [1.165, 1.54) is 11.1 Å². The Labute approximate surface area is 124 Å². The van der Waals surface area contributed by atoms with E-state index in [0.717, 1.165) is 24.9 Å². The lowest BCUT2D eigenvalue weighted by Gasteiger charge is -2.26. The molecule has 1 aliphatic rings. The summed E-state index contributed by atoms with van der Waals surface area (Å²) in [4.78, 5) is 15.0. The van der Waals surface area contributed by atoms with Crippen LogP contribution >= 0.6 is 12.4 Å². The molecule has 1 atom stereocenters. The van der Waals surface area contributed by atoms with Gasteiger partial charge >= 0.3 is 0 Å². The van der Waals surface area contributed by atoms with Gasteiger partial charge in [0.05, 0.1) is 6.04 Å². The van der Waals surface area contributed by atoms with E-state index >= 15 is 0 Å². The molecule has 5 heteroatoms. The summed E-state index contributed by atoms with van der Waals surface area (Å²) in [5.41, 5.74) is 9.65. The third kappa shape index (κ3) is 2.80. The molecule has 2 aromatic rings. The summed E-state index contributed by atoms with van der Waals surface area (Å²) in [7, 11) is 0. The molecule has 4 N–H and O–H groups in total. The highest BCUT2D eigenvalue weighted by Gasteiger charge is 2.22. The fourth-order valence-corrected chi connectivity index (χ4v) is 2.69. The van der Waals surface area contributed by atoms with Crippen LogP contribution in [0.25, 0.3) is 0 Å². The van der Waals surface area contributed by atoms with Crippen LogP contribution in [0.15, 0.2) is 36.5 Å². The van der Waals surface area contributed by atoms with Crippen LogP contribution in [-0.4, -0.2) is 10.9 Å². The van der Waals surface area contributed by atoms with Gasteiger partial charge in [-0.3, -0.25) is 4.79 Å². The maximum atomic E-state index is 12.1. The molecule has 20 heavy (non-hydrogen) atoms. The molecule has 1 amide bonds. The number of aromatic nitrogens is 1. The first kappa shape index (κ1) is 14.5. The number of amides is 1. The molecule has 1 aromatic carbocycles. The minimum Gasteiger partial charge on any atom is -0.399 e. The second kappa shape index (κ2) is 6.01. The highest BCUT2D eigenvalue weighted by Crippen LogP contribution is 2.31. The standard InChI is InChI=1S/C15H17N3O.ClH/c16-11-6-7-12-10(9-11)3-1-4-13(12)18-15(19)14-5-2-8-17-14;/h2,5-9,13,17H,1,3-4,16H2,(H,18,19);1H. The average molecular weight is 292 g/mol. The van der Waals surface area contributed by atoms with Gasteiger partial charge in [-0.2, -0.15) is 0 Å². The number of H-pyrrole nitrogens is 1. The molecule has 0 saturated carbocycles. The number of rotatable bonds is 2. The van der Waals surface area contributed by atoms with E-state index in [1.54, 1.807) is 12.3 Å². The van der Waals surface area contributed by atoms with Crippen LogP contribution in [0.3, 0.4) is 0 Å². The van der Waals surface area contributed by atoms with Crippen LogP contribution < -0.4 is 11.1 Å². The first-order valence-corrected chi connectivity index (χ1v) is 6.56. The summed E-state index contributed by atoms with van der Waals surface area (Å²) in [6.07, 6.45) is 4.84. The van der Waals surface area contributed by atoms with Crippen LogP contribution in [-0.2, 0) is 6.42 Å². The molecule has 3 rings (SSSR count). The van der Waals surface area contributed by atoms with E-state index in [-0.39, 0.29) is 24.4 Å². The number of aromatic amines is 1. The number of nitrogens with one attached hydrogen (secondary N) is 2. The summed E-state index contributed by atoms with van der Waals surface area (Å²) in [5.74, 6) is -0.0559. The number of fused-ring (bicyclic) bond motifs is 1. The number of anilines is 1. The van der Waals surface area contributed by atoms with Crippen molar-refractivity contribution in [2.45, 2.75) is 25.3 Å². The average Bonchev–Trinajstić information content (AvgIpc) is 2.92. The van der Waals surface area contributed by atoms with Gasteiger partial charge in [-0.1, -0.05) is 6.07 Å². The minimum atomic E-state index is -0.0559. The number of halogens is 1. The fraction of sp³-hybridized carbons (Fsp3) is 0.267. The van der Waals surface area contributed by atoms with Crippen LogP contribution in [0.4, 0.5) is 5.69 Å². The second-order valence-corrected chi connectivity index (χ2v) is 4.96. The number of benzene rings is 1. The normalized spacial score (nSPS) is 16.9. The van der Waals surface area contributed by atoms with Crippen molar-refractivity contribution in [2.75, 3.05) is 5.73 Å². The van der Waals surface area contributed by atoms with Gasteiger partial charge < -0.3 is 16.0 Å². The Morgan fingerprint density at radius 1 is 1.35 bits per heavy atom. The monoisotopic (exact) mass is 291 g/mol. The zero-order valence-corrected chi connectivity index (χ0v) is 11.9. The van der Waals surface area contributed by atoms with Crippen molar-refractivity contribution in [1.29, 1.82) is 0 Å². The van der Waals surface area contributed by atoms with Gasteiger partial charge in [0.15, 0.2) is 0 Å². The summed E-state index contributed by atoms with van der Waals surface area (Å²) >= 11 is 0. The van der Waals surface area contributed by atoms with Crippen LogP contribution in [0.1, 0.15) is 40.5 Å². The summed E-state index contributed by atoms with van der Waals surface area (Å²) < 4.78 is 0. The lowest BCUT2D eigenvalue weighted by molar-refractivity contribution is 0.0928. The van der Waals surface area contributed by atoms with Crippen molar-refractivity contribution in [1.82, 2.24) is 10.3 Å². The SMILES string of the molecule is Cl.Nc1ccc2c(c1)CCCC2NC(=O)c1ccc[nH]1. The molecular formula is C15H18ClN3O. The molecule has 0 spiro atoms. The maximum Gasteiger partial charge on any atom is 0.268 e. The molecule has 0 radical (unpaired) electrons. The maximum absolute atomic E-state index is 12.1. The highest BCUT2D eigenvalue weighted by molar-refractivity contribution is 5.92. The van der Waals surface area contributed by atoms with Crippen LogP contribution in [0.5, 0.6) is 0 Å². The summed E-state index contributed by atoms with van der Waals surface area (Å²) in [5, 5.41) is 3.09. The minimum absolute atomic E-state index is 0. The second-order valence-electron chi connectivity index (χ2n) is 4.96. The zero-order chi connectivity index (χ0) is 13.2. The topological polar surface area (TPSA) is 70.9 Å². The molecule has 1 unspecified atom stereocenters. The number of hydrogen-bond donors (Lipinski definition) is 3. The lowest BCUT2D eigenvalue weighted by atomic mass is 9.87.